The Hall–Kier alpha value is -2.29. The molecule has 0 fully saturated rings. The summed E-state index contributed by atoms with van der Waals surface area (Å²) in [6.45, 7) is 7.26. The average molecular weight is 282 g/mol. The lowest BCUT2D eigenvalue weighted by Gasteiger charge is -2.22. The smallest absolute Gasteiger partial charge is 0.254 e. The minimum absolute atomic E-state index is 0.0792. The van der Waals surface area contributed by atoms with Crippen molar-refractivity contribution in [3.8, 4) is 0 Å². The molecule has 0 saturated carbocycles. The van der Waals surface area contributed by atoms with Crippen molar-refractivity contribution in [2.45, 2.75) is 27.3 Å². The molecule has 0 bridgehead atoms. The van der Waals surface area contributed by atoms with Crippen LogP contribution < -0.4 is 5.73 Å². The van der Waals surface area contributed by atoms with Gasteiger partial charge in [0.05, 0.1) is 0 Å². The molecule has 0 radical (unpaired) electrons. The van der Waals surface area contributed by atoms with E-state index in [9.17, 15) is 4.79 Å². The van der Waals surface area contributed by atoms with Crippen molar-refractivity contribution < 1.29 is 4.79 Å². The van der Waals surface area contributed by atoms with E-state index in [4.69, 9.17) is 5.73 Å². The number of nitrogen functional groups attached to an aromatic ring is 1. The lowest BCUT2D eigenvalue weighted by atomic mass is 10.0. The fourth-order valence-electron chi connectivity index (χ4n) is 2.31. The van der Waals surface area contributed by atoms with Crippen LogP contribution in [-0.2, 0) is 6.54 Å². The SMILES string of the molecule is CCN(Cc1ccc(N)cc1)C(=O)c1cc(C)ccc1C. The van der Waals surface area contributed by atoms with Gasteiger partial charge in [0.1, 0.15) is 0 Å². The van der Waals surface area contributed by atoms with Crippen LogP contribution in [0.3, 0.4) is 0 Å². The average Bonchev–Trinajstić information content (AvgIpc) is 2.48. The highest BCUT2D eigenvalue weighted by molar-refractivity contribution is 5.95. The number of anilines is 1. The van der Waals surface area contributed by atoms with Crippen LogP contribution in [0.4, 0.5) is 5.69 Å². The minimum atomic E-state index is 0.0792. The van der Waals surface area contributed by atoms with Gasteiger partial charge >= 0.3 is 0 Å². The normalized spacial score (nSPS) is 10.4. The Balaban J connectivity index is 2.22. The van der Waals surface area contributed by atoms with E-state index in [-0.39, 0.29) is 5.91 Å². The summed E-state index contributed by atoms with van der Waals surface area (Å²) in [7, 11) is 0. The lowest BCUT2D eigenvalue weighted by molar-refractivity contribution is 0.0752. The standard InChI is InChI=1S/C18H22N2O/c1-4-20(12-15-7-9-16(19)10-8-15)18(21)17-11-13(2)5-6-14(17)3/h5-11H,4,12,19H2,1-3H3. The first-order valence-electron chi connectivity index (χ1n) is 7.22. The van der Waals surface area contributed by atoms with Crippen LogP contribution >= 0.6 is 0 Å². The molecule has 0 heterocycles. The van der Waals surface area contributed by atoms with Crippen molar-refractivity contribution >= 4 is 11.6 Å². The van der Waals surface area contributed by atoms with Crippen molar-refractivity contribution in [2.75, 3.05) is 12.3 Å². The van der Waals surface area contributed by atoms with Crippen LogP contribution in [0.1, 0.15) is 34.0 Å². The van der Waals surface area contributed by atoms with E-state index in [2.05, 4.69) is 0 Å². The monoisotopic (exact) mass is 282 g/mol. The number of nitrogens with zero attached hydrogens (tertiary/aromatic N) is 1. The zero-order valence-corrected chi connectivity index (χ0v) is 12.9. The van der Waals surface area contributed by atoms with Gasteiger partial charge in [-0.1, -0.05) is 29.8 Å². The molecule has 2 aromatic carbocycles. The first kappa shape index (κ1) is 15.1. The molecule has 3 heteroatoms. The Kier molecular flexibility index (Phi) is 4.63. The van der Waals surface area contributed by atoms with Gasteiger partial charge in [0.15, 0.2) is 0 Å². The number of hydrogen-bond acceptors (Lipinski definition) is 2. The maximum absolute atomic E-state index is 12.7. The summed E-state index contributed by atoms with van der Waals surface area (Å²) in [6, 6.07) is 13.7. The molecule has 0 aliphatic carbocycles. The van der Waals surface area contributed by atoms with Gasteiger partial charge in [-0.2, -0.15) is 0 Å². The molecule has 0 aromatic heterocycles. The molecule has 2 rings (SSSR count). The predicted molar refractivity (Wildman–Crippen MR) is 87.2 cm³/mol. The third-order valence-electron chi connectivity index (χ3n) is 3.65. The van der Waals surface area contributed by atoms with Crippen molar-refractivity contribution in [1.29, 1.82) is 0 Å². The maximum Gasteiger partial charge on any atom is 0.254 e. The number of aryl methyl sites for hydroxylation is 2. The minimum Gasteiger partial charge on any atom is -0.399 e. The van der Waals surface area contributed by atoms with E-state index in [1.54, 1.807) is 0 Å². The third-order valence-corrected chi connectivity index (χ3v) is 3.65. The van der Waals surface area contributed by atoms with E-state index in [0.717, 1.165) is 27.9 Å². The molecule has 0 atom stereocenters. The second-order valence-electron chi connectivity index (χ2n) is 5.38. The molecule has 0 saturated heterocycles. The molecule has 1 amide bonds. The molecule has 0 unspecified atom stereocenters. The van der Waals surface area contributed by atoms with Gasteiger partial charge in [0.25, 0.3) is 5.91 Å². The highest BCUT2D eigenvalue weighted by Crippen LogP contribution is 2.16. The van der Waals surface area contributed by atoms with Crippen LogP contribution in [-0.4, -0.2) is 17.4 Å². The molecule has 110 valence electrons. The molecule has 3 nitrogen and oxygen atoms in total. The molecule has 0 aliphatic heterocycles. The maximum atomic E-state index is 12.7. The summed E-state index contributed by atoms with van der Waals surface area (Å²) in [5.74, 6) is 0.0792. The Bertz CT molecular complexity index is 632. The molecule has 0 aliphatic rings. The molecule has 0 spiro atoms. The van der Waals surface area contributed by atoms with Crippen molar-refractivity contribution in [3.63, 3.8) is 0 Å². The van der Waals surface area contributed by atoms with E-state index in [0.29, 0.717) is 13.1 Å². The van der Waals surface area contributed by atoms with Crippen molar-refractivity contribution in [2.24, 2.45) is 0 Å². The number of rotatable bonds is 4. The summed E-state index contributed by atoms with van der Waals surface area (Å²) in [5, 5.41) is 0. The van der Waals surface area contributed by atoms with Crippen LogP contribution in [0.5, 0.6) is 0 Å². The van der Waals surface area contributed by atoms with Gasteiger partial charge < -0.3 is 10.6 Å². The summed E-state index contributed by atoms with van der Waals surface area (Å²) >= 11 is 0. The van der Waals surface area contributed by atoms with Crippen LogP contribution in [0.15, 0.2) is 42.5 Å². The quantitative estimate of drug-likeness (QED) is 0.872. The Morgan fingerprint density at radius 3 is 2.38 bits per heavy atom. The summed E-state index contributed by atoms with van der Waals surface area (Å²) in [5.41, 5.74) is 10.4. The fourth-order valence-corrected chi connectivity index (χ4v) is 2.31. The largest absolute Gasteiger partial charge is 0.399 e. The number of nitrogens with two attached hydrogens (primary N) is 1. The van der Waals surface area contributed by atoms with Crippen LogP contribution in [0, 0.1) is 13.8 Å². The summed E-state index contributed by atoms with van der Waals surface area (Å²) in [4.78, 5) is 14.6. The van der Waals surface area contributed by atoms with Gasteiger partial charge in [-0.3, -0.25) is 4.79 Å². The van der Waals surface area contributed by atoms with Gasteiger partial charge in [0, 0.05) is 24.3 Å². The number of hydrogen-bond donors (Lipinski definition) is 1. The molecule has 2 N–H and O–H groups in total. The first-order chi connectivity index (χ1) is 10.0. The topological polar surface area (TPSA) is 46.3 Å². The highest BCUT2D eigenvalue weighted by atomic mass is 16.2. The van der Waals surface area contributed by atoms with Crippen molar-refractivity contribution in [1.82, 2.24) is 4.90 Å². The van der Waals surface area contributed by atoms with Gasteiger partial charge in [0.2, 0.25) is 0 Å². The predicted octanol–water partition coefficient (Wildman–Crippen LogP) is 3.55. The van der Waals surface area contributed by atoms with Gasteiger partial charge in [-0.15, -0.1) is 0 Å². The number of benzene rings is 2. The van der Waals surface area contributed by atoms with Gasteiger partial charge in [-0.25, -0.2) is 0 Å². The molecular weight excluding hydrogens is 260 g/mol. The van der Waals surface area contributed by atoms with Crippen LogP contribution in [0.2, 0.25) is 0 Å². The second kappa shape index (κ2) is 6.44. The molecule has 21 heavy (non-hydrogen) atoms. The van der Waals surface area contributed by atoms with E-state index < -0.39 is 0 Å². The van der Waals surface area contributed by atoms with Gasteiger partial charge in [-0.05, 0) is 50.1 Å². The first-order valence-corrected chi connectivity index (χ1v) is 7.22. The van der Waals surface area contributed by atoms with E-state index >= 15 is 0 Å². The zero-order valence-electron chi connectivity index (χ0n) is 12.9. The highest BCUT2D eigenvalue weighted by Gasteiger charge is 2.16. The summed E-state index contributed by atoms with van der Waals surface area (Å²) < 4.78 is 0. The van der Waals surface area contributed by atoms with E-state index in [1.165, 1.54) is 0 Å². The van der Waals surface area contributed by atoms with Crippen molar-refractivity contribution in [3.05, 3.63) is 64.7 Å². The Morgan fingerprint density at radius 1 is 1.10 bits per heavy atom. The second-order valence-corrected chi connectivity index (χ2v) is 5.38. The lowest BCUT2D eigenvalue weighted by Crippen LogP contribution is -2.30. The third kappa shape index (κ3) is 3.63. The number of carbonyl (C=O) groups is 1. The fraction of sp³-hybridized carbons (Fsp3) is 0.278. The number of amides is 1. The Labute approximate surface area is 126 Å². The van der Waals surface area contributed by atoms with E-state index in [1.807, 2.05) is 68.1 Å². The zero-order chi connectivity index (χ0) is 15.4. The Morgan fingerprint density at radius 2 is 1.76 bits per heavy atom. The summed E-state index contributed by atoms with van der Waals surface area (Å²) in [6.07, 6.45) is 0. The number of carbonyl (C=O) groups excluding carboxylic acids is 1. The van der Waals surface area contributed by atoms with Crippen LogP contribution in [0.25, 0.3) is 0 Å². The molecule has 2 aromatic rings. The molecular formula is C18H22N2O.